The van der Waals surface area contributed by atoms with Crippen LogP contribution in [0.1, 0.15) is 47.8 Å². The van der Waals surface area contributed by atoms with Gasteiger partial charge in [-0.2, -0.15) is 0 Å². The topological polar surface area (TPSA) is 143 Å². The smallest absolute Gasteiger partial charge is 0.412 e. The van der Waals surface area contributed by atoms with Gasteiger partial charge in [0.05, 0.1) is 27.6 Å². The van der Waals surface area contributed by atoms with E-state index in [9.17, 15) is 24.5 Å². The number of non-ortho nitro benzene ring substituents is 1. The molecular weight excluding hydrogens is 514 g/mol. The van der Waals surface area contributed by atoms with Crippen LogP contribution in [0.2, 0.25) is 0 Å². The van der Waals surface area contributed by atoms with Gasteiger partial charge in [-0.15, -0.1) is 0 Å². The first-order chi connectivity index (χ1) is 19.0. The number of nitrogens with one attached hydrogen (secondary N) is 2. The van der Waals surface area contributed by atoms with E-state index in [1.165, 1.54) is 23.1 Å². The standard InChI is InChI=1S/C29H27N5O6/c1-29(2,3)40-28(37)30-22-12-8-7-11-20(22)26(35)32-25-27(36)33-14-13-18-15-19(34(38)39)16-21(24(18)33)23(31-25)17-9-5-4-6-10-17/h4-12,15-16,25H,13-14H2,1-3H3,(H,30,37)(H,32,35)/t25-/m0/s1. The second kappa shape index (κ2) is 10.3. The van der Waals surface area contributed by atoms with Crippen LogP contribution in [-0.4, -0.2) is 46.9 Å². The van der Waals surface area contributed by atoms with Gasteiger partial charge in [0.2, 0.25) is 6.17 Å². The first-order valence-electron chi connectivity index (χ1n) is 12.7. The highest BCUT2D eigenvalue weighted by molar-refractivity contribution is 6.21. The van der Waals surface area contributed by atoms with Crippen molar-refractivity contribution in [1.82, 2.24) is 5.32 Å². The number of nitrogens with zero attached hydrogens (tertiary/aromatic N) is 3. The number of rotatable bonds is 5. The van der Waals surface area contributed by atoms with Crippen molar-refractivity contribution in [2.24, 2.45) is 4.99 Å². The highest BCUT2D eigenvalue weighted by Gasteiger charge is 2.38. The predicted molar refractivity (Wildman–Crippen MR) is 149 cm³/mol. The lowest BCUT2D eigenvalue weighted by molar-refractivity contribution is -0.384. The molecule has 11 nitrogen and oxygen atoms in total. The maximum Gasteiger partial charge on any atom is 0.412 e. The van der Waals surface area contributed by atoms with Gasteiger partial charge in [0, 0.05) is 29.8 Å². The molecular formula is C29H27N5O6. The van der Waals surface area contributed by atoms with Crippen molar-refractivity contribution in [3.8, 4) is 0 Å². The summed E-state index contributed by atoms with van der Waals surface area (Å²) in [6.45, 7) is 5.47. The van der Waals surface area contributed by atoms with Crippen LogP contribution < -0.4 is 15.5 Å². The van der Waals surface area contributed by atoms with Crippen molar-refractivity contribution < 1.29 is 24.0 Å². The molecule has 0 radical (unpaired) electrons. The van der Waals surface area contributed by atoms with Crippen molar-refractivity contribution in [2.75, 3.05) is 16.8 Å². The van der Waals surface area contributed by atoms with E-state index < -0.39 is 34.6 Å². The van der Waals surface area contributed by atoms with Gasteiger partial charge in [0.15, 0.2) is 0 Å². The average Bonchev–Trinajstić information content (AvgIpc) is 3.29. The third kappa shape index (κ3) is 5.26. The van der Waals surface area contributed by atoms with Gasteiger partial charge in [-0.05, 0) is 44.9 Å². The molecule has 11 heteroatoms. The zero-order valence-corrected chi connectivity index (χ0v) is 22.1. The zero-order valence-electron chi connectivity index (χ0n) is 22.1. The quantitative estimate of drug-likeness (QED) is 0.361. The van der Waals surface area contributed by atoms with Gasteiger partial charge < -0.3 is 15.0 Å². The van der Waals surface area contributed by atoms with Crippen LogP contribution in [0.5, 0.6) is 0 Å². The summed E-state index contributed by atoms with van der Waals surface area (Å²) in [5.41, 5.74) is 2.13. The maximum absolute atomic E-state index is 13.7. The van der Waals surface area contributed by atoms with E-state index in [4.69, 9.17) is 4.74 Å². The van der Waals surface area contributed by atoms with Crippen LogP contribution >= 0.6 is 0 Å². The molecule has 0 aliphatic carbocycles. The predicted octanol–water partition coefficient (Wildman–Crippen LogP) is 4.44. The Morgan fingerprint density at radius 1 is 1.07 bits per heavy atom. The molecule has 3 aromatic carbocycles. The van der Waals surface area contributed by atoms with Crippen LogP contribution in [0.3, 0.4) is 0 Å². The lowest BCUT2D eigenvalue weighted by atomic mass is 9.97. The number of nitro benzene ring substituents is 1. The van der Waals surface area contributed by atoms with Crippen molar-refractivity contribution >= 4 is 40.7 Å². The van der Waals surface area contributed by atoms with E-state index in [2.05, 4.69) is 15.6 Å². The monoisotopic (exact) mass is 541 g/mol. The van der Waals surface area contributed by atoms with Crippen molar-refractivity contribution in [1.29, 1.82) is 0 Å². The Balaban J connectivity index is 1.54. The van der Waals surface area contributed by atoms with Crippen molar-refractivity contribution in [2.45, 2.75) is 39.0 Å². The molecule has 2 N–H and O–H groups in total. The lowest BCUT2D eigenvalue weighted by Crippen LogP contribution is -2.47. The largest absolute Gasteiger partial charge is 0.444 e. The van der Waals surface area contributed by atoms with E-state index in [0.717, 1.165) is 0 Å². The van der Waals surface area contributed by atoms with Crippen molar-refractivity contribution in [3.05, 3.63) is 99.1 Å². The normalized spacial score (nSPS) is 16.0. The molecule has 40 heavy (non-hydrogen) atoms. The molecule has 3 amide bonds. The highest BCUT2D eigenvalue weighted by Crippen LogP contribution is 2.39. The molecule has 0 saturated heterocycles. The fourth-order valence-corrected chi connectivity index (χ4v) is 4.76. The molecule has 0 unspecified atom stereocenters. The highest BCUT2D eigenvalue weighted by atomic mass is 16.6. The Bertz CT molecular complexity index is 1560. The zero-order chi connectivity index (χ0) is 28.6. The van der Waals surface area contributed by atoms with E-state index >= 15 is 0 Å². The number of nitro groups is 1. The van der Waals surface area contributed by atoms with Gasteiger partial charge in [-0.3, -0.25) is 25.0 Å². The third-order valence-corrected chi connectivity index (χ3v) is 6.39. The Morgan fingerprint density at radius 2 is 1.77 bits per heavy atom. The first-order valence-corrected chi connectivity index (χ1v) is 12.7. The fourth-order valence-electron chi connectivity index (χ4n) is 4.76. The molecule has 2 aliphatic heterocycles. The summed E-state index contributed by atoms with van der Waals surface area (Å²) in [6, 6.07) is 18.2. The Hall–Kier alpha value is -5.06. The summed E-state index contributed by atoms with van der Waals surface area (Å²) in [5.74, 6) is -1.11. The molecule has 0 spiro atoms. The van der Waals surface area contributed by atoms with Crippen LogP contribution in [0.15, 0.2) is 71.7 Å². The number of carbonyl (C=O) groups is 3. The third-order valence-electron chi connectivity index (χ3n) is 6.39. The minimum absolute atomic E-state index is 0.101. The second-order valence-electron chi connectivity index (χ2n) is 10.4. The molecule has 2 aliphatic rings. The number of amides is 3. The summed E-state index contributed by atoms with van der Waals surface area (Å²) in [5, 5.41) is 17.0. The number of carbonyl (C=O) groups excluding carboxylic acids is 3. The Morgan fingerprint density at radius 3 is 2.48 bits per heavy atom. The van der Waals surface area contributed by atoms with Gasteiger partial charge in [0.25, 0.3) is 17.5 Å². The van der Waals surface area contributed by atoms with E-state index in [-0.39, 0.29) is 16.9 Å². The minimum Gasteiger partial charge on any atom is -0.444 e. The summed E-state index contributed by atoms with van der Waals surface area (Å²) < 4.78 is 5.31. The maximum atomic E-state index is 13.7. The van der Waals surface area contributed by atoms with Crippen molar-refractivity contribution in [3.63, 3.8) is 0 Å². The molecule has 0 bridgehead atoms. The Kier molecular flexibility index (Phi) is 6.80. The van der Waals surface area contributed by atoms with Gasteiger partial charge >= 0.3 is 6.09 Å². The molecule has 0 saturated carbocycles. The Labute approximate surface area is 230 Å². The molecule has 2 heterocycles. The molecule has 5 rings (SSSR count). The first kappa shape index (κ1) is 26.5. The molecule has 0 fully saturated rings. The number of hydrogen-bond acceptors (Lipinski definition) is 7. The van der Waals surface area contributed by atoms with Crippen LogP contribution in [0.25, 0.3) is 0 Å². The molecule has 1 atom stereocenters. The minimum atomic E-state index is -1.32. The van der Waals surface area contributed by atoms with Crippen LogP contribution in [-0.2, 0) is 16.0 Å². The number of anilines is 2. The number of hydrogen-bond donors (Lipinski definition) is 2. The SMILES string of the molecule is CC(C)(C)OC(=O)Nc1ccccc1C(=O)N[C@@H]1N=C(c2ccccc2)c2cc([N+](=O)[O-])cc3c2N(CC3)C1=O. The summed E-state index contributed by atoms with van der Waals surface area (Å²) in [4.78, 5) is 57.0. The van der Waals surface area contributed by atoms with Gasteiger partial charge in [-0.25, -0.2) is 9.79 Å². The summed E-state index contributed by atoms with van der Waals surface area (Å²) in [7, 11) is 0. The van der Waals surface area contributed by atoms with Crippen LogP contribution in [0.4, 0.5) is 21.9 Å². The molecule has 204 valence electrons. The van der Waals surface area contributed by atoms with E-state index in [1.807, 2.05) is 6.07 Å². The number of benzene rings is 3. The molecule has 0 aromatic heterocycles. The second-order valence-corrected chi connectivity index (χ2v) is 10.4. The van der Waals surface area contributed by atoms with Gasteiger partial charge in [0.1, 0.15) is 5.60 Å². The summed E-state index contributed by atoms with van der Waals surface area (Å²) in [6.07, 6.45) is -1.62. The lowest BCUT2D eigenvalue weighted by Gasteiger charge is -2.22. The van der Waals surface area contributed by atoms with E-state index in [1.54, 1.807) is 63.2 Å². The van der Waals surface area contributed by atoms with Crippen LogP contribution in [0, 0.1) is 10.1 Å². The fraction of sp³-hybridized carbons (Fsp3) is 0.241. The molecule has 3 aromatic rings. The van der Waals surface area contributed by atoms with E-state index in [0.29, 0.717) is 41.1 Å². The average molecular weight is 542 g/mol. The number of aliphatic imine (C=N–C) groups is 1. The number of para-hydroxylation sites is 1. The number of ether oxygens (including phenoxy) is 1. The van der Waals surface area contributed by atoms with Gasteiger partial charge in [-0.1, -0.05) is 42.5 Å². The summed E-state index contributed by atoms with van der Waals surface area (Å²) >= 11 is 0.